The minimum atomic E-state index is -1.30. The van der Waals surface area contributed by atoms with Crippen molar-refractivity contribution in [2.45, 2.75) is 22.7 Å². The van der Waals surface area contributed by atoms with Gasteiger partial charge in [0.05, 0.1) is 13.7 Å². The number of rotatable bonds is 4. The van der Waals surface area contributed by atoms with Crippen molar-refractivity contribution in [1.29, 1.82) is 0 Å². The molecule has 0 radical (unpaired) electrons. The number of nitrogens with zero attached hydrogens (tertiary/aromatic N) is 2. The third-order valence-corrected chi connectivity index (χ3v) is 9.92. The maximum Gasteiger partial charge on any atom is 0.251 e. The highest BCUT2D eigenvalue weighted by Gasteiger charge is 2.77. The van der Waals surface area contributed by atoms with Gasteiger partial charge in [0.25, 0.3) is 5.91 Å². The molecule has 3 aromatic carbocycles. The van der Waals surface area contributed by atoms with Crippen LogP contribution in [0.25, 0.3) is 0 Å². The number of halogens is 1. The Morgan fingerprint density at radius 1 is 1.11 bits per heavy atom. The van der Waals surface area contributed by atoms with E-state index in [0.717, 1.165) is 16.9 Å². The Balaban J connectivity index is 1.57. The summed E-state index contributed by atoms with van der Waals surface area (Å²) in [5.41, 5.74) is 1.98. The molecule has 3 atom stereocenters. The van der Waals surface area contributed by atoms with Gasteiger partial charge < -0.3 is 10.1 Å². The Hall–Kier alpha value is -2.91. The van der Waals surface area contributed by atoms with E-state index in [9.17, 15) is 9.59 Å². The van der Waals surface area contributed by atoms with Crippen molar-refractivity contribution in [2.75, 3.05) is 26.0 Å². The van der Waals surface area contributed by atoms with Gasteiger partial charge >= 0.3 is 0 Å². The molecule has 3 unspecified atom stereocenters. The quantitative estimate of drug-likeness (QED) is 0.461. The second kappa shape index (κ2) is 8.84. The molecule has 1 N–H and O–H groups in total. The molecule has 2 fully saturated rings. The van der Waals surface area contributed by atoms with Gasteiger partial charge in [0, 0.05) is 28.7 Å². The van der Waals surface area contributed by atoms with Gasteiger partial charge in [-0.1, -0.05) is 78.0 Å². The van der Waals surface area contributed by atoms with Gasteiger partial charge in [-0.05, 0) is 48.5 Å². The van der Waals surface area contributed by atoms with Crippen molar-refractivity contribution in [3.05, 3.63) is 94.5 Å². The number of methoxy groups -OCH3 is 1. The van der Waals surface area contributed by atoms with E-state index in [1.807, 2.05) is 66.5 Å². The average Bonchev–Trinajstić information content (AvgIpc) is 3.44. The van der Waals surface area contributed by atoms with Crippen LogP contribution in [0.5, 0.6) is 5.75 Å². The molecule has 3 heterocycles. The first-order valence-corrected chi connectivity index (χ1v) is 13.5. The number of benzene rings is 3. The molecule has 6 nitrogen and oxygen atoms in total. The minimum absolute atomic E-state index is 0.167. The second-order valence-electron chi connectivity index (χ2n) is 9.54. The largest absolute Gasteiger partial charge is 0.497 e. The van der Waals surface area contributed by atoms with E-state index in [2.05, 4.69) is 5.32 Å². The Bertz CT molecular complexity index is 1430. The molecule has 2 amide bonds. The number of amides is 2. The third-order valence-electron chi connectivity index (χ3n) is 7.74. The minimum Gasteiger partial charge on any atom is -0.497 e. The van der Waals surface area contributed by atoms with Crippen LogP contribution >= 0.6 is 35.6 Å². The number of hydrogen-bond donors (Lipinski definition) is 1. The van der Waals surface area contributed by atoms with E-state index in [1.54, 1.807) is 30.2 Å². The van der Waals surface area contributed by atoms with Crippen molar-refractivity contribution >= 4 is 57.4 Å². The average molecular weight is 550 g/mol. The first-order valence-electron chi connectivity index (χ1n) is 11.9. The zero-order chi connectivity index (χ0) is 25.9. The Morgan fingerprint density at radius 3 is 2.54 bits per heavy atom. The van der Waals surface area contributed by atoms with E-state index >= 15 is 0 Å². The summed E-state index contributed by atoms with van der Waals surface area (Å²) in [6.07, 6.45) is 0. The lowest BCUT2D eigenvalue weighted by atomic mass is 9.72. The van der Waals surface area contributed by atoms with E-state index in [0.29, 0.717) is 33.7 Å². The van der Waals surface area contributed by atoms with Crippen molar-refractivity contribution in [3.8, 4) is 5.75 Å². The van der Waals surface area contributed by atoms with Crippen LogP contribution in [-0.2, 0) is 21.7 Å². The molecule has 3 aliphatic heterocycles. The van der Waals surface area contributed by atoms with Crippen LogP contribution in [0.1, 0.15) is 22.6 Å². The summed E-state index contributed by atoms with van der Waals surface area (Å²) >= 11 is 13.7. The number of carbonyl (C=O) groups excluding carboxylic acids is 2. The molecule has 6 rings (SSSR count). The molecule has 0 aliphatic carbocycles. The normalized spacial score (nSPS) is 26.8. The lowest BCUT2D eigenvalue weighted by Crippen LogP contribution is -2.61. The van der Waals surface area contributed by atoms with Gasteiger partial charge in [0.15, 0.2) is 5.54 Å². The summed E-state index contributed by atoms with van der Waals surface area (Å²) in [5.74, 6) is -0.00970. The number of ether oxygens (including phenoxy) is 1. The van der Waals surface area contributed by atoms with E-state index in [-0.39, 0.29) is 17.7 Å². The van der Waals surface area contributed by atoms with Crippen molar-refractivity contribution < 1.29 is 14.3 Å². The highest BCUT2D eigenvalue weighted by Crippen LogP contribution is 2.66. The zero-order valence-electron chi connectivity index (χ0n) is 20.2. The zero-order valence-corrected chi connectivity index (χ0v) is 22.6. The molecule has 37 heavy (non-hydrogen) atoms. The van der Waals surface area contributed by atoms with Gasteiger partial charge in [-0.3, -0.25) is 19.4 Å². The number of anilines is 1. The van der Waals surface area contributed by atoms with E-state index in [1.165, 1.54) is 11.8 Å². The maximum absolute atomic E-state index is 14.8. The summed E-state index contributed by atoms with van der Waals surface area (Å²) in [6.45, 7) is 0.818. The molecule has 0 bridgehead atoms. The van der Waals surface area contributed by atoms with Crippen LogP contribution in [0.3, 0.4) is 0 Å². The smallest absolute Gasteiger partial charge is 0.251 e. The summed E-state index contributed by atoms with van der Waals surface area (Å²) in [6, 6.07) is 22.8. The Labute approximate surface area is 229 Å². The second-order valence-corrected chi connectivity index (χ2v) is 11.9. The topological polar surface area (TPSA) is 61.9 Å². The SMILES string of the molecule is COc1ccc(C2CN(C)C3(C(=O)Nc4ccc(Cl)cc43)C23SC(=S)N(Cc2ccccc2)C3=O)cc1. The fraction of sp³-hybridized carbons (Fsp3) is 0.250. The molecule has 0 saturated carbocycles. The molecule has 3 aliphatic rings. The van der Waals surface area contributed by atoms with Gasteiger partial charge in [-0.25, -0.2) is 0 Å². The first-order chi connectivity index (χ1) is 17.8. The van der Waals surface area contributed by atoms with Crippen LogP contribution < -0.4 is 10.1 Å². The summed E-state index contributed by atoms with van der Waals surface area (Å²) in [5, 5.41) is 3.55. The molecular weight excluding hydrogens is 526 g/mol. The molecule has 3 aromatic rings. The molecular formula is C28H24ClN3O3S2. The lowest BCUT2D eigenvalue weighted by molar-refractivity contribution is -0.138. The number of likely N-dealkylation sites (tertiary alicyclic amines) is 1. The molecule has 9 heteroatoms. The Morgan fingerprint density at radius 2 is 1.84 bits per heavy atom. The van der Waals surface area contributed by atoms with Crippen LogP contribution in [0.4, 0.5) is 5.69 Å². The van der Waals surface area contributed by atoms with Crippen LogP contribution in [-0.4, -0.2) is 51.4 Å². The maximum atomic E-state index is 14.8. The molecule has 2 spiro atoms. The summed E-state index contributed by atoms with van der Waals surface area (Å²) in [7, 11) is 3.52. The predicted octanol–water partition coefficient (Wildman–Crippen LogP) is 5.02. The van der Waals surface area contributed by atoms with Crippen molar-refractivity contribution in [2.24, 2.45) is 0 Å². The summed E-state index contributed by atoms with van der Waals surface area (Å²) in [4.78, 5) is 32.5. The van der Waals surface area contributed by atoms with Gasteiger partial charge in [-0.2, -0.15) is 0 Å². The molecule has 188 valence electrons. The number of carbonyl (C=O) groups is 2. The fourth-order valence-electron chi connectivity index (χ4n) is 6.13. The van der Waals surface area contributed by atoms with Gasteiger partial charge in [0.1, 0.15) is 14.8 Å². The number of nitrogens with one attached hydrogen (secondary N) is 1. The van der Waals surface area contributed by atoms with E-state index in [4.69, 9.17) is 28.6 Å². The summed E-state index contributed by atoms with van der Waals surface area (Å²) < 4.78 is 4.60. The highest BCUT2D eigenvalue weighted by molar-refractivity contribution is 8.25. The highest BCUT2D eigenvalue weighted by atomic mass is 35.5. The van der Waals surface area contributed by atoms with E-state index < -0.39 is 10.3 Å². The fourth-order valence-corrected chi connectivity index (χ4v) is 8.43. The van der Waals surface area contributed by atoms with Crippen molar-refractivity contribution in [3.63, 3.8) is 0 Å². The standard InChI is InChI=1S/C28H24ClN3O3S2/c1-31-16-22(18-8-11-20(35-2)12-9-18)28(27(31)21-14-19(29)10-13-23(21)30-24(27)33)25(34)32(26(36)37-28)15-17-6-4-3-5-7-17/h3-14,22H,15-16H2,1-2H3,(H,30,33). The number of thiocarbonyl (C=S) groups is 1. The molecule has 2 saturated heterocycles. The number of fused-ring (bicyclic) bond motifs is 3. The van der Waals surface area contributed by atoms with Gasteiger partial charge in [-0.15, -0.1) is 0 Å². The van der Waals surface area contributed by atoms with Crippen LogP contribution in [0.15, 0.2) is 72.8 Å². The third kappa shape index (κ3) is 3.32. The molecule has 0 aromatic heterocycles. The van der Waals surface area contributed by atoms with Crippen LogP contribution in [0.2, 0.25) is 5.02 Å². The lowest BCUT2D eigenvalue weighted by Gasteiger charge is -2.41. The Kier molecular flexibility index (Phi) is 5.84. The van der Waals surface area contributed by atoms with Crippen molar-refractivity contribution in [1.82, 2.24) is 9.80 Å². The van der Waals surface area contributed by atoms with Gasteiger partial charge in [0.2, 0.25) is 5.91 Å². The predicted molar refractivity (Wildman–Crippen MR) is 150 cm³/mol. The van der Waals surface area contributed by atoms with Crippen LogP contribution in [0, 0.1) is 0 Å². The monoisotopic (exact) mass is 549 g/mol. The first kappa shape index (κ1) is 24.4. The number of hydrogen-bond acceptors (Lipinski definition) is 6. The number of thioether (sulfide) groups is 1. The number of likely N-dealkylation sites (N-methyl/N-ethyl adjacent to an activating group) is 1.